The average Bonchev–Trinajstić information content (AvgIpc) is 1.90. The summed E-state index contributed by atoms with van der Waals surface area (Å²) in [6.45, 7) is 12.5. The van der Waals surface area contributed by atoms with Crippen LogP contribution in [-0.4, -0.2) is 11.1 Å². The molecule has 2 nitrogen and oxygen atoms in total. The molecule has 0 unspecified atom stereocenters. The van der Waals surface area contributed by atoms with Crippen LogP contribution >= 0.6 is 11.8 Å². The first kappa shape index (κ1) is 12.9. The molecule has 0 atom stereocenters. The van der Waals surface area contributed by atoms with Gasteiger partial charge in [0.1, 0.15) is 0 Å². The summed E-state index contributed by atoms with van der Waals surface area (Å²) in [4.78, 5) is 10.9. The lowest BCUT2D eigenvalue weighted by Gasteiger charge is -1.95. The van der Waals surface area contributed by atoms with Crippen LogP contribution in [0.2, 0.25) is 0 Å². The molecule has 0 heterocycles. The molecule has 0 rings (SSSR count). The molecule has 0 aromatic carbocycles. The molecule has 0 saturated heterocycles. The number of carbonyl (C=O) groups is 1. The number of rotatable bonds is 3. The Bertz CT molecular complexity index is 161. The van der Waals surface area contributed by atoms with E-state index in [2.05, 4.69) is 13.2 Å². The summed E-state index contributed by atoms with van der Waals surface area (Å²) in [7, 11) is 0. The second-order valence-corrected chi connectivity index (χ2v) is 2.93. The van der Waals surface area contributed by atoms with E-state index in [1.165, 1.54) is 0 Å². The SMILES string of the molecule is C=C(C)SC(=C)C(=O)O.CC. The minimum Gasteiger partial charge on any atom is -0.477 e. The first-order valence-electron chi connectivity index (χ1n) is 3.29. The Morgan fingerprint density at radius 3 is 1.82 bits per heavy atom. The summed E-state index contributed by atoms with van der Waals surface area (Å²) >= 11 is 1.07. The topological polar surface area (TPSA) is 37.3 Å². The number of hydrogen-bond donors (Lipinski definition) is 1. The van der Waals surface area contributed by atoms with Gasteiger partial charge >= 0.3 is 5.97 Å². The van der Waals surface area contributed by atoms with Crippen LogP contribution in [-0.2, 0) is 4.79 Å². The van der Waals surface area contributed by atoms with Gasteiger partial charge in [0.2, 0.25) is 0 Å². The second-order valence-electron chi connectivity index (χ2n) is 1.53. The highest BCUT2D eigenvalue weighted by atomic mass is 32.2. The highest BCUT2D eigenvalue weighted by molar-refractivity contribution is 8.07. The zero-order chi connectivity index (χ0) is 9.44. The molecule has 11 heavy (non-hydrogen) atoms. The summed E-state index contributed by atoms with van der Waals surface area (Å²) in [5, 5.41) is 8.27. The monoisotopic (exact) mass is 174 g/mol. The van der Waals surface area contributed by atoms with Crippen molar-refractivity contribution in [1.29, 1.82) is 0 Å². The molecule has 0 aliphatic carbocycles. The maximum absolute atomic E-state index is 10.1. The van der Waals surface area contributed by atoms with E-state index >= 15 is 0 Å². The van der Waals surface area contributed by atoms with E-state index in [1.54, 1.807) is 6.92 Å². The highest BCUT2D eigenvalue weighted by Gasteiger charge is 2.02. The lowest BCUT2D eigenvalue weighted by Crippen LogP contribution is -1.93. The fourth-order valence-electron chi connectivity index (χ4n) is 0.254. The van der Waals surface area contributed by atoms with Crippen LogP contribution in [0.15, 0.2) is 23.0 Å². The lowest BCUT2D eigenvalue weighted by molar-refractivity contribution is -0.131. The Morgan fingerprint density at radius 2 is 1.73 bits per heavy atom. The molecule has 0 amide bonds. The van der Waals surface area contributed by atoms with Crippen LogP contribution in [0.4, 0.5) is 0 Å². The van der Waals surface area contributed by atoms with Crippen molar-refractivity contribution in [3.05, 3.63) is 23.0 Å². The minimum atomic E-state index is -0.983. The van der Waals surface area contributed by atoms with Crippen LogP contribution in [0.25, 0.3) is 0 Å². The normalized spacial score (nSPS) is 7.55. The van der Waals surface area contributed by atoms with Crippen molar-refractivity contribution >= 4 is 17.7 Å². The Kier molecular flexibility index (Phi) is 8.71. The van der Waals surface area contributed by atoms with Gasteiger partial charge < -0.3 is 5.11 Å². The van der Waals surface area contributed by atoms with Gasteiger partial charge in [0.05, 0.1) is 4.91 Å². The first-order valence-corrected chi connectivity index (χ1v) is 4.11. The van der Waals surface area contributed by atoms with Crippen LogP contribution in [0.3, 0.4) is 0 Å². The molecule has 0 fully saturated rings. The molecular weight excluding hydrogens is 160 g/mol. The highest BCUT2D eigenvalue weighted by Crippen LogP contribution is 2.20. The molecule has 0 aliphatic rings. The molecular formula is C8H14O2S. The molecule has 64 valence electrons. The fourth-order valence-corrected chi connectivity index (χ4v) is 0.762. The summed E-state index contributed by atoms with van der Waals surface area (Å²) in [6.07, 6.45) is 0. The van der Waals surface area contributed by atoms with E-state index < -0.39 is 5.97 Å². The van der Waals surface area contributed by atoms with Crippen LogP contribution in [0.1, 0.15) is 20.8 Å². The van der Waals surface area contributed by atoms with Gasteiger partial charge in [-0.05, 0) is 11.8 Å². The standard InChI is InChI=1S/C6H8O2S.C2H6/c1-4(2)9-5(3)6(7)8;1-2/h1,3H2,2H3,(H,7,8);1-2H3. The van der Waals surface area contributed by atoms with Crippen molar-refractivity contribution in [3.63, 3.8) is 0 Å². The summed E-state index contributed by atoms with van der Waals surface area (Å²) < 4.78 is 0. The quantitative estimate of drug-likeness (QED) is 0.668. The van der Waals surface area contributed by atoms with Crippen molar-refractivity contribution < 1.29 is 9.90 Å². The van der Waals surface area contributed by atoms with Gasteiger partial charge in [-0.15, -0.1) is 0 Å². The molecule has 1 N–H and O–H groups in total. The van der Waals surface area contributed by atoms with E-state index in [-0.39, 0.29) is 4.91 Å². The predicted molar refractivity (Wildman–Crippen MR) is 50.5 cm³/mol. The molecule has 0 saturated carbocycles. The predicted octanol–water partition coefficient (Wildman–Crippen LogP) is 2.88. The third-order valence-electron chi connectivity index (χ3n) is 0.536. The van der Waals surface area contributed by atoms with Gasteiger partial charge in [-0.25, -0.2) is 4.79 Å². The van der Waals surface area contributed by atoms with Gasteiger partial charge in [-0.2, -0.15) is 0 Å². The average molecular weight is 174 g/mol. The van der Waals surface area contributed by atoms with E-state index in [4.69, 9.17) is 5.11 Å². The molecule has 0 spiro atoms. The van der Waals surface area contributed by atoms with E-state index in [1.807, 2.05) is 13.8 Å². The van der Waals surface area contributed by atoms with Crippen molar-refractivity contribution in [2.75, 3.05) is 0 Å². The number of thioether (sulfide) groups is 1. The largest absolute Gasteiger partial charge is 0.477 e. The van der Waals surface area contributed by atoms with Gasteiger partial charge in [0.15, 0.2) is 0 Å². The van der Waals surface area contributed by atoms with E-state index in [0.29, 0.717) is 0 Å². The van der Waals surface area contributed by atoms with E-state index in [0.717, 1.165) is 16.7 Å². The Labute approximate surface area is 72.0 Å². The third kappa shape index (κ3) is 9.30. The maximum Gasteiger partial charge on any atom is 0.341 e. The van der Waals surface area contributed by atoms with Crippen LogP contribution in [0, 0.1) is 0 Å². The third-order valence-corrected chi connectivity index (χ3v) is 1.31. The molecule has 0 radical (unpaired) electrons. The Morgan fingerprint density at radius 1 is 1.36 bits per heavy atom. The van der Waals surface area contributed by atoms with Crippen molar-refractivity contribution in [2.45, 2.75) is 20.8 Å². The van der Waals surface area contributed by atoms with Crippen molar-refractivity contribution in [1.82, 2.24) is 0 Å². The number of hydrogen-bond acceptors (Lipinski definition) is 2. The summed E-state index contributed by atoms with van der Waals surface area (Å²) in [5.74, 6) is -0.983. The van der Waals surface area contributed by atoms with Crippen LogP contribution in [0.5, 0.6) is 0 Å². The molecule has 0 aromatic rings. The summed E-state index contributed by atoms with van der Waals surface area (Å²) in [6, 6.07) is 0. The van der Waals surface area contributed by atoms with E-state index in [9.17, 15) is 4.79 Å². The van der Waals surface area contributed by atoms with Crippen molar-refractivity contribution in [3.8, 4) is 0 Å². The van der Waals surface area contributed by atoms with Crippen LogP contribution < -0.4 is 0 Å². The van der Waals surface area contributed by atoms with Gasteiger partial charge in [0.25, 0.3) is 0 Å². The molecule has 0 bridgehead atoms. The van der Waals surface area contributed by atoms with Gasteiger partial charge in [-0.3, -0.25) is 0 Å². The molecule has 0 aliphatic heterocycles. The zero-order valence-electron chi connectivity index (χ0n) is 7.18. The fraction of sp³-hybridized carbons (Fsp3) is 0.375. The number of carboxylic acid groups (broad SMARTS) is 1. The number of carboxylic acids is 1. The molecule has 3 heteroatoms. The maximum atomic E-state index is 10.1. The Hall–Kier alpha value is -0.700. The number of aliphatic carboxylic acids is 1. The summed E-state index contributed by atoms with van der Waals surface area (Å²) in [5.41, 5.74) is 0. The zero-order valence-corrected chi connectivity index (χ0v) is 7.99. The van der Waals surface area contributed by atoms with Gasteiger partial charge in [-0.1, -0.05) is 38.8 Å². The minimum absolute atomic E-state index is 0.113. The van der Waals surface area contributed by atoms with Crippen molar-refractivity contribution in [2.24, 2.45) is 0 Å². The Balaban J connectivity index is 0. The molecule has 0 aromatic heterocycles. The number of allylic oxidation sites excluding steroid dienone is 1. The van der Waals surface area contributed by atoms with Gasteiger partial charge in [0, 0.05) is 0 Å². The smallest absolute Gasteiger partial charge is 0.341 e. The first-order chi connectivity index (χ1) is 5.04. The lowest BCUT2D eigenvalue weighted by atomic mass is 10.7. The second kappa shape index (κ2) is 7.41.